The van der Waals surface area contributed by atoms with E-state index in [0.29, 0.717) is 17.3 Å². The number of nitrogens with zero attached hydrogens (tertiary/aromatic N) is 2. The van der Waals surface area contributed by atoms with Gasteiger partial charge in [0.15, 0.2) is 0 Å². The van der Waals surface area contributed by atoms with Crippen molar-refractivity contribution < 1.29 is 13.2 Å². The molecule has 2 rings (SSSR count). The SMILES string of the molecule is O=c1c(Cl)c(NCC[C@@H]2CCCN2)cnn1CC(F)(F)F. The highest BCUT2D eigenvalue weighted by Gasteiger charge is 2.29. The Morgan fingerprint density at radius 2 is 2.29 bits per heavy atom. The lowest BCUT2D eigenvalue weighted by Gasteiger charge is -2.13. The maximum Gasteiger partial charge on any atom is 0.408 e. The molecule has 0 bridgehead atoms. The Labute approximate surface area is 124 Å². The van der Waals surface area contributed by atoms with Crippen molar-refractivity contribution in [2.75, 3.05) is 18.4 Å². The molecular formula is C12H16ClF3N4O. The molecule has 118 valence electrons. The molecule has 9 heteroatoms. The number of rotatable bonds is 5. The molecule has 0 spiro atoms. The molecule has 21 heavy (non-hydrogen) atoms. The van der Waals surface area contributed by atoms with E-state index in [9.17, 15) is 18.0 Å². The van der Waals surface area contributed by atoms with Crippen LogP contribution in [-0.2, 0) is 6.54 Å². The second-order valence-electron chi connectivity index (χ2n) is 4.96. The van der Waals surface area contributed by atoms with Crippen LogP contribution in [0.3, 0.4) is 0 Å². The van der Waals surface area contributed by atoms with Gasteiger partial charge in [-0.3, -0.25) is 4.79 Å². The van der Waals surface area contributed by atoms with Crippen molar-refractivity contribution in [1.29, 1.82) is 0 Å². The predicted octanol–water partition coefficient (Wildman–Crippen LogP) is 2.01. The molecule has 0 radical (unpaired) electrons. The lowest BCUT2D eigenvalue weighted by atomic mass is 10.1. The summed E-state index contributed by atoms with van der Waals surface area (Å²) in [7, 11) is 0. The van der Waals surface area contributed by atoms with Crippen molar-refractivity contribution in [2.24, 2.45) is 0 Å². The van der Waals surface area contributed by atoms with Gasteiger partial charge in [-0.2, -0.15) is 18.3 Å². The average molecular weight is 325 g/mol. The number of alkyl halides is 3. The normalized spacial score (nSPS) is 19.0. The van der Waals surface area contributed by atoms with Gasteiger partial charge in [-0.1, -0.05) is 11.6 Å². The van der Waals surface area contributed by atoms with Gasteiger partial charge in [0.2, 0.25) is 0 Å². The fraction of sp³-hybridized carbons (Fsp3) is 0.667. The van der Waals surface area contributed by atoms with Crippen LogP contribution in [0.2, 0.25) is 5.02 Å². The molecule has 1 saturated heterocycles. The summed E-state index contributed by atoms with van der Waals surface area (Å²) in [6, 6.07) is 0.426. The second-order valence-corrected chi connectivity index (χ2v) is 5.34. The summed E-state index contributed by atoms with van der Waals surface area (Å²) < 4.78 is 37.1. The van der Waals surface area contributed by atoms with E-state index in [-0.39, 0.29) is 10.7 Å². The van der Waals surface area contributed by atoms with Gasteiger partial charge in [-0.05, 0) is 25.8 Å². The first-order chi connectivity index (χ1) is 9.87. The molecule has 2 heterocycles. The zero-order valence-electron chi connectivity index (χ0n) is 11.2. The van der Waals surface area contributed by atoms with Crippen LogP contribution in [0.5, 0.6) is 0 Å². The van der Waals surface area contributed by atoms with E-state index in [4.69, 9.17) is 11.6 Å². The van der Waals surface area contributed by atoms with Gasteiger partial charge in [-0.15, -0.1) is 0 Å². The largest absolute Gasteiger partial charge is 0.408 e. The fourth-order valence-corrected chi connectivity index (χ4v) is 2.47. The minimum atomic E-state index is -4.51. The molecule has 0 aliphatic carbocycles. The second kappa shape index (κ2) is 6.65. The zero-order chi connectivity index (χ0) is 15.5. The lowest BCUT2D eigenvalue weighted by molar-refractivity contribution is -0.143. The third-order valence-electron chi connectivity index (χ3n) is 3.28. The van der Waals surface area contributed by atoms with E-state index >= 15 is 0 Å². The highest BCUT2D eigenvalue weighted by molar-refractivity contribution is 6.32. The molecule has 1 aromatic heterocycles. The van der Waals surface area contributed by atoms with Gasteiger partial charge in [0.25, 0.3) is 5.56 Å². The molecule has 0 saturated carbocycles. The van der Waals surface area contributed by atoms with E-state index in [2.05, 4.69) is 15.7 Å². The zero-order valence-corrected chi connectivity index (χ0v) is 12.0. The number of hydrogen-bond acceptors (Lipinski definition) is 4. The monoisotopic (exact) mass is 324 g/mol. The molecule has 1 fully saturated rings. The summed E-state index contributed by atoms with van der Waals surface area (Å²) >= 11 is 5.80. The summed E-state index contributed by atoms with van der Waals surface area (Å²) in [5.41, 5.74) is -0.684. The van der Waals surface area contributed by atoms with Crippen LogP contribution in [-0.4, -0.2) is 35.1 Å². The van der Waals surface area contributed by atoms with Crippen LogP contribution < -0.4 is 16.2 Å². The average Bonchev–Trinajstić information content (AvgIpc) is 2.89. The van der Waals surface area contributed by atoms with Crippen molar-refractivity contribution >= 4 is 17.3 Å². The Bertz CT molecular complexity index is 540. The molecule has 0 unspecified atom stereocenters. The van der Waals surface area contributed by atoms with E-state index < -0.39 is 18.3 Å². The van der Waals surface area contributed by atoms with Crippen molar-refractivity contribution in [3.8, 4) is 0 Å². The third kappa shape index (κ3) is 4.60. The molecule has 1 aliphatic heterocycles. The maximum atomic E-state index is 12.3. The van der Waals surface area contributed by atoms with E-state index in [1.54, 1.807) is 0 Å². The Morgan fingerprint density at radius 3 is 2.90 bits per heavy atom. The van der Waals surface area contributed by atoms with Crippen molar-refractivity contribution in [1.82, 2.24) is 15.1 Å². The first-order valence-corrected chi connectivity index (χ1v) is 7.04. The van der Waals surface area contributed by atoms with Crippen LogP contribution >= 0.6 is 11.6 Å². The summed E-state index contributed by atoms with van der Waals surface area (Å²) in [6.45, 7) is 0.125. The van der Waals surface area contributed by atoms with Gasteiger partial charge in [0.05, 0.1) is 11.9 Å². The molecule has 2 N–H and O–H groups in total. The predicted molar refractivity (Wildman–Crippen MR) is 73.7 cm³/mol. The molecule has 5 nitrogen and oxygen atoms in total. The first-order valence-electron chi connectivity index (χ1n) is 6.66. The highest BCUT2D eigenvalue weighted by atomic mass is 35.5. The van der Waals surface area contributed by atoms with Crippen LogP contribution in [0.25, 0.3) is 0 Å². The van der Waals surface area contributed by atoms with E-state index in [1.165, 1.54) is 0 Å². The van der Waals surface area contributed by atoms with Gasteiger partial charge in [0, 0.05) is 12.6 Å². The van der Waals surface area contributed by atoms with Crippen LogP contribution in [0.15, 0.2) is 11.0 Å². The van der Waals surface area contributed by atoms with Gasteiger partial charge in [-0.25, -0.2) is 4.68 Å². The third-order valence-corrected chi connectivity index (χ3v) is 3.65. The minimum Gasteiger partial charge on any atom is -0.382 e. The summed E-state index contributed by atoms with van der Waals surface area (Å²) in [5, 5.41) is 9.49. The van der Waals surface area contributed by atoms with Crippen LogP contribution in [0.1, 0.15) is 19.3 Å². The number of nitrogens with one attached hydrogen (secondary N) is 2. The maximum absolute atomic E-state index is 12.3. The molecular weight excluding hydrogens is 309 g/mol. The number of anilines is 1. The lowest BCUT2D eigenvalue weighted by Crippen LogP contribution is -2.31. The van der Waals surface area contributed by atoms with Crippen molar-refractivity contribution in [2.45, 2.75) is 38.0 Å². The van der Waals surface area contributed by atoms with Gasteiger partial charge < -0.3 is 10.6 Å². The molecule has 1 aliphatic rings. The number of halogens is 4. The van der Waals surface area contributed by atoms with E-state index in [0.717, 1.165) is 32.0 Å². The van der Waals surface area contributed by atoms with Crippen molar-refractivity contribution in [3.63, 3.8) is 0 Å². The number of aromatic nitrogens is 2. The van der Waals surface area contributed by atoms with Crippen LogP contribution in [0.4, 0.5) is 18.9 Å². The fourth-order valence-electron chi connectivity index (χ4n) is 2.25. The molecule has 1 aromatic rings. The molecule has 1 atom stereocenters. The number of hydrogen-bond donors (Lipinski definition) is 2. The van der Waals surface area contributed by atoms with Gasteiger partial charge in [0.1, 0.15) is 11.6 Å². The Balaban J connectivity index is 1.97. The van der Waals surface area contributed by atoms with E-state index in [1.807, 2.05) is 0 Å². The minimum absolute atomic E-state index is 0.262. The highest BCUT2D eigenvalue weighted by Crippen LogP contribution is 2.19. The quantitative estimate of drug-likeness (QED) is 0.870. The topological polar surface area (TPSA) is 59.0 Å². The van der Waals surface area contributed by atoms with Gasteiger partial charge >= 0.3 is 6.18 Å². The smallest absolute Gasteiger partial charge is 0.382 e. The molecule has 0 aromatic carbocycles. The Kier molecular flexibility index (Phi) is 5.10. The summed E-state index contributed by atoms with van der Waals surface area (Å²) in [4.78, 5) is 11.7. The first kappa shape index (κ1) is 16.1. The van der Waals surface area contributed by atoms with Crippen molar-refractivity contribution in [3.05, 3.63) is 21.6 Å². The Hall–Kier alpha value is -1.28. The summed E-state index contributed by atoms with van der Waals surface area (Å²) in [5.74, 6) is 0. The van der Waals surface area contributed by atoms with Crippen LogP contribution in [0, 0.1) is 0 Å². The molecule has 0 amide bonds. The Morgan fingerprint density at radius 1 is 1.52 bits per heavy atom. The summed E-state index contributed by atoms with van der Waals surface area (Å²) in [6.07, 6.45) is -0.274. The standard InChI is InChI=1S/C12H16ClF3N4O/c13-10-9(18-5-3-8-2-1-4-17-8)6-19-20(11(10)21)7-12(14,15)16/h6,8,17-18H,1-5,7H2/t8-/m0/s1.